The fourth-order valence-corrected chi connectivity index (χ4v) is 1.63. The second kappa shape index (κ2) is 6.64. The van der Waals surface area contributed by atoms with Crippen molar-refractivity contribution >= 4 is 11.6 Å². The van der Waals surface area contributed by atoms with Crippen LogP contribution in [0.1, 0.15) is 32.4 Å². The molecular formula is C14H20N2O5. The molecule has 7 heteroatoms. The number of amides is 1. The van der Waals surface area contributed by atoms with Gasteiger partial charge in [0.15, 0.2) is 0 Å². The number of nitrogens with zero attached hydrogens (tertiary/aromatic N) is 1. The first-order valence-electron chi connectivity index (χ1n) is 6.51. The lowest BCUT2D eigenvalue weighted by molar-refractivity contribution is -0.384. The van der Waals surface area contributed by atoms with Gasteiger partial charge >= 0.3 is 0 Å². The summed E-state index contributed by atoms with van der Waals surface area (Å²) < 4.78 is 0. The van der Waals surface area contributed by atoms with Crippen molar-refractivity contribution in [3.05, 3.63) is 39.9 Å². The third kappa shape index (κ3) is 4.51. The normalized spacial score (nSPS) is 14.3. The quantitative estimate of drug-likeness (QED) is 0.557. The molecule has 1 aromatic carbocycles. The first kappa shape index (κ1) is 17.1. The van der Waals surface area contributed by atoms with Crippen LogP contribution in [0.2, 0.25) is 0 Å². The number of hydrogen-bond acceptors (Lipinski definition) is 5. The number of carbonyl (C=O) groups excluding carboxylic acids is 1. The molecule has 1 rings (SSSR count). The zero-order valence-corrected chi connectivity index (χ0v) is 12.2. The number of non-ortho nitro benzene ring substituents is 1. The molecule has 0 bridgehead atoms. The molecule has 1 unspecified atom stereocenters. The molecular weight excluding hydrogens is 276 g/mol. The molecule has 3 N–H and O–H groups in total. The van der Waals surface area contributed by atoms with Gasteiger partial charge in [0.25, 0.3) is 5.69 Å². The standard InChI is InChI=1S/C14H20N2O5/c1-14(2,3)13(19)15-11(8-17)12(18)9-4-6-10(7-5-9)16(20)21/h4-7,11-12,17-18H,8H2,1-3H3,(H,15,19)/t11?,12-/m1/s1. The number of nitro groups is 1. The Morgan fingerprint density at radius 2 is 1.86 bits per heavy atom. The molecule has 116 valence electrons. The fourth-order valence-electron chi connectivity index (χ4n) is 1.63. The lowest BCUT2D eigenvalue weighted by Crippen LogP contribution is -2.46. The highest BCUT2D eigenvalue weighted by atomic mass is 16.6. The van der Waals surface area contributed by atoms with Crippen molar-refractivity contribution in [2.45, 2.75) is 32.9 Å². The van der Waals surface area contributed by atoms with Crippen LogP contribution >= 0.6 is 0 Å². The Hall–Kier alpha value is -1.99. The van der Waals surface area contributed by atoms with Crippen LogP contribution in [0.15, 0.2) is 24.3 Å². The molecule has 0 spiro atoms. The van der Waals surface area contributed by atoms with Gasteiger partial charge in [-0.1, -0.05) is 20.8 Å². The molecule has 1 amide bonds. The maximum atomic E-state index is 11.9. The maximum Gasteiger partial charge on any atom is 0.269 e. The molecule has 0 saturated carbocycles. The van der Waals surface area contributed by atoms with Crippen LogP contribution in [0.5, 0.6) is 0 Å². The number of aliphatic hydroxyl groups excluding tert-OH is 2. The van der Waals surface area contributed by atoms with Gasteiger partial charge in [-0.15, -0.1) is 0 Å². The van der Waals surface area contributed by atoms with Gasteiger partial charge < -0.3 is 15.5 Å². The third-order valence-electron chi connectivity index (χ3n) is 3.02. The number of aliphatic hydroxyl groups is 2. The van der Waals surface area contributed by atoms with Crippen molar-refractivity contribution in [3.8, 4) is 0 Å². The Morgan fingerprint density at radius 1 is 1.33 bits per heavy atom. The van der Waals surface area contributed by atoms with E-state index in [1.165, 1.54) is 24.3 Å². The summed E-state index contributed by atoms with van der Waals surface area (Å²) in [5.41, 5.74) is -0.359. The Bertz CT molecular complexity index is 507. The molecule has 0 aliphatic carbocycles. The second-order valence-electron chi connectivity index (χ2n) is 5.81. The molecule has 21 heavy (non-hydrogen) atoms. The van der Waals surface area contributed by atoms with Crippen molar-refractivity contribution in [3.63, 3.8) is 0 Å². The highest BCUT2D eigenvalue weighted by molar-refractivity contribution is 5.81. The summed E-state index contributed by atoms with van der Waals surface area (Å²) >= 11 is 0. The average Bonchev–Trinajstić information content (AvgIpc) is 2.42. The maximum absolute atomic E-state index is 11.9. The Labute approximate surface area is 122 Å². The second-order valence-corrected chi connectivity index (χ2v) is 5.81. The van der Waals surface area contributed by atoms with Crippen molar-refractivity contribution < 1.29 is 19.9 Å². The summed E-state index contributed by atoms with van der Waals surface area (Å²) in [5, 5.41) is 32.7. The van der Waals surface area contributed by atoms with Gasteiger partial charge in [-0.25, -0.2) is 0 Å². The molecule has 0 radical (unpaired) electrons. The predicted molar refractivity (Wildman–Crippen MR) is 76.5 cm³/mol. The summed E-state index contributed by atoms with van der Waals surface area (Å²) in [4.78, 5) is 21.9. The van der Waals surface area contributed by atoms with Crippen molar-refractivity contribution in [1.29, 1.82) is 0 Å². The lowest BCUT2D eigenvalue weighted by Gasteiger charge is -2.26. The Morgan fingerprint density at radius 3 is 2.24 bits per heavy atom. The average molecular weight is 296 g/mol. The number of nitro benzene ring substituents is 1. The number of benzene rings is 1. The lowest BCUT2D eigenvalue weighted by atomic mass is 9.94. The van der Waals surface area contributed by atoms with Crippen LogP contribution in [0, 0.1) is 15.5 Å². The van der Waals surface area contributed by atoms with E-state index in [1.807, 2.05) is 0 Å². The summed E-state index contributed by atoms with van der Waals surface area (Å²) in [6, 6.07) is 4.44. The highest BCUT2D eigenvalue weighted by Gasteiger charge is 2.28. The largest absolute Gasteiger partial charge is 0.394 e. The van der Waals surface area contributed by atoms with Crippen LogP contribution in [-0.2, 0) is 4.79 Å². The molecule has 1 aromatic rings. The van der Waals surface area contributed by atoms with Crippen LogP contribution in [0.4, 0.5) is 5.69 Å². The molecule has 2 atom stereocenters. The summed E-state index contributed by atoms with van der Waals surface area (Å²) in [7, 11) is 0. The molecule has 0 aliphatic heterocycles. The first-order valence-corrected chi connectivity index (χ1v) is 6.51. The number of rotatable bonds is 5. The van der Waals surface area contributed by atoms with Gasteiger partial charge in [-0.2, -0.15) is 0 Å². The van der Waals surface area contributed by atoms with E-state index in [0.29, 0.717) is 5.56 Å². The predicted octanol–water partition coefficient (Wildman–Crippen LogP) is 1.15. The summed E-state index contributed by atoms with van der Waals surface area (Å²) in [5.74, 6) is -0.303. The van der Waals surface area contributed by atoms with E-state index in [-0.39, 0.29) is 11.6 Å². The first-order chi connectivity index (χ1) is 9.66. The van der Waals surface area contributed by atoms with Crippen molar-refractivity contribution in [2.24, 2.45) is 5.41 Å². The zero-order chi connectivity index (χ0) is 16.2. The fraction of sp³-hybridized carbons (Fsp3) is 0.500. The topological polar surface area (TPSA) is 113 Å². The highest BCUT2D eigenvalue weighted by Crippen LogP contribution is 2.21. The van der Waals surface area contributed by atoms with Gasteiger partial charge in [0, 0.05) is 17.5 Å². The van der Waals surface area contributed by atoms with Crippen LogP contribution in [0.3, 0.4) is 0 Å². The van der Waals surface area contributed by atoms with Gasteiger partial charge in [0.2, 0.25) is 5.91 Å². The summed E-state index contributed by atoms with van der Waals surface area (Å²) in [6.07, 6.45) is -1.15. The molecule has 7 nitrogen and oxygen atoms in total. The van der Waals surface area contributed by atoms with E-state index >= 15 is 0 Å². The smallest absolute Gasteiger partial charge is 0.269 e. The minimum absolute atomic E-state index is 0.0924. The van der Waals surface area contributed by atoms with Crippen LogP contribution < -0.4 is 5.32 Å². The van der Waals surface area contributed by atoms with E-state index in [4.69, 9.17) is 0 Å². The molecule has 0 aromatic heterocycles. The number of nitrogens with one attached hydrogen (secondary N) is 1. The van der Waals surface area contributed by atoms with Gasteiger partial charge in [-0.3, -0.25) is 14.9 Å². The Kier molecular flexibility index (Phi) is 5.40. The van der Waals surface area contributed by atoms with E-state index < -0.39 is 29.1 Å². The molecule has 0 heterocycles. The van der Waals surface area contributed by atoms with Crippen molar-refractivity contribution in [2.75, 3.05) is 6.61 Å². The SMILES string of the molecule is CC(C)(C)C(=O)NC(CO)[C@H](O)c1ccc([N+](=O)[O-])cc1. The van der Waals surface area contributed by atoms with E-state index in [0.717, 1.165) is 0 Å². The van der Waals surface area contributed by atoms with Crippen LogP contribution in [0.25, 0.3) is 0 Å². The minimum Gasteiger partial charge on any atom is -0.394 e. The summed E-state index contributed by atoms with van der Waals surface area (Å²) in [6.45, 7) is 4.71. The Balaban J connectivity index is 2.85. The number of carbonyl (C=O) groups is 1. The molecule has 0 fully saturated rings. The third-order valence-corrected chi connectivity index (χ3v) is 3.02. The van der Waals surface area contributed by atoms with Gasteiger partial charge in [0.05, 0.1) is 17.6 Å². The monoisotopic (exact) mass is 296 g/mol. The van der Waals surface area contributed by atoms with E-state index in [1.54, 1.807) is 20.8 Å². The number of hydrogen-bond donors (Lipinski definition) is 3. The minimum atomic E-state index is -1.15. The van der Waals surface area contributed by atoms with E-state index in [9.17, 15) is 25.1 Å². The molecule has 0 aliphatic rings. The van der Waals surface area contributed by atoms with E-state index in [2.05, 4.69) is 5.32 Å². The van der Waals surface area contributed by atoms with Crippen LogP contribution in [-0.4, -0.2) is 33.7 Å². The van der Waals surface area contributed by atoms with Gasteiger partial charge in [-0.05, 0) is 17.7 Å². The molecule has 0 saturated heterocycles. The van der Waals surface area contributed by atoms with Crippen molar-refractivity contribution in [1.82, 2.24) is 5.32 Å². The van der Waals surface area contributed by atoms with Gasteiger partial charge in [0.1, 0.15) is 6.10 Å². The zero-order valence-electron chi connectivity index (χ0n) is 12.2.